The molecule has 0 aliphatic carbocycles. The summed E-state index contributed by atoms with van der Waals surface area (Å²) in [6.45, 7) is 0.675. The first-order valence-corrected chi connectivity index (χ1v) is 5.39. The predicted octanol–water partition coefficient (Wildman–Crippen LogP) is 2.00. The smallest absolute Gasteiger partial charge is 0.337 e. The molecule has 84 valence electrons. The molecule has 0 unspecified atom stereocenters. The van der Waals surface area contributed by atoms with Crippen molar-refractivity contribution in [1.82, 2.24) is 4.98 Å². The van der Waals surface area contributed by atoms with E-state index in [-0.39, 0.29) is 5.56 Å². The SMILES string of the molecule is C#CCCN(C)c1ncc(C(=O)O)cc1Br. The molecular formula is C11H11BrN2O2. The van der Waals surface area contributed by atoms with E-state index < -0.39 is 5.97 Å². The Hall–Kier alpha value is -1.54. The monoisotopic (exact) mass is 282 g/mol. The van der Waals surface area contributed by atoms with Crippen LogP contribution in [0.1, 0.15) is 16.8 Å². The Morgan fingerprint density at radius 1 is 1.75 bits per heavy atom. The number of hydrogen-bond donors (Lipinski definition) is 1. The van der Waals surface area contributed by atoms with Crippen LogP contribution in [0, 0.1) is 12.3 Å². The number of pyridine rings is 1. The molecule has 1 N–H and O–H groups in total. The number of aromatic nitrogens is 1. The van der Waals surface area contributed by atoms with Crippen LogP contribution in [-0.4, -0.2) is 29.7 Å². The van der Waals surface area contributed by atoms with E-state index in [0.29, 0.717) is 23.3 Å². The Morgan fingerprint density at radius 3 is 2.94 bits per heavy atom. The van der Waals surface area contributed by atoms with Crippen LogP contribution >= 0.6 is 15.9 Å². The predicted molar refractivity (Wildman–Crippen MR) is 65.6 cm³/mol. The molecule has 0 saturated carbocycles. The topological polar surface area (TPSA) is 53.4 Å². The average Bonchev–Trinajstić information content (AvgIpc) is 2.25. The summed E-state index contributed by atoms with van der Waals surface area (Å²) < 4.78 is 0.645. The zero-order valence-corrected chi connectivity index (χ0v) is 10.4. The highest BCUT2D eigenvalue weighted by Crippen LogP contribution is 2.23. The Kier molecular flexibility index (Phi) is 4.32. The Morgan fingerprint density at radius 2 is 2.44 bits per heavy atom. The lowest BCUT2D eigenvalue weighted by atomic mass is 10.3. The highest BCUT2D eigenvalue weighted by Gasteiger charge is 2.10. The summed E-state index contributed by atoms with van der Waals surface area (Å²) in [4.78, 5) is 16.7. The summed E-state index contributed by atoms with van der Waals surface area (Å²) in [5.41, 5.74) is 0.154. The first-order valence-electron chi connectivity index (χ1n) is 4.59. The molecule has 0 saturated heterocycles. The summed E-state index contributed by atoms with van der Waals surface area (Å²) in [6, 6.07) is 1.52. The number of terminal acetylenes is 1. The first-order chi connectivity index (χ1) is 7.56. The molecule has 0 aromatic carbocycles. The maximum atomic E-state index is 10.7. The number of carboxylic acids is 1. The largest absolute Gasteiger partial charge is 0.478 e. The first kappa shape index (κ1) is 12.5. The summed E-state index contributed by atoms with van der Waals surface area (Å²) in [5, 5.41) is 8.78. The van der Waals surface area contributed by atoms with Gasteiger partial charge in [-0.15, -0.1) is 12.3 Å². The quantitative estimate of drug-likeness (QED) is 0.859. The molecule has 5 heteroatoms. The number of carboxylic acid groups (broad SMARTS) is 1. The number of hydrogen-bond acceptors (Lipinski definition) is 3. The Bertz CT molecular complexity index is 440. The van der Waals surface area contributed by atoms with E-state index in [1.165, 1.54) is 12.3 Å². The Labute approximate surface area is 102 Å². The molecule has 0 aliphatic heterocycles. The molecule has 1 aromatic heterocycles. The van der Waals surface area contributed by atoms with E-state index in [0.717, 1.165) is 0 Å². The maximum Gasteiger partial charge on any atom is 0.337 e. The third-order valence-electron chi connectivity index (χ3n) is 2.02. The van der Waals surface area contributed by atoms with Gasteiger partial charge in [0.1, 0.15) is 5.82 Å². The third-order valence-corrected chi connectivity index (χ3v) is 2.61. The van der Waals surface area contributed by atoms with Crippen LogP contribution in [0.25, 0.3) is 0 Å². The van der Waals surface area contributed by atoms with Crippen molar-refractivity contribution in [3.05, 3.63) is 22.3 Å². The van der Waals surface area contributed by atoms with Crippen molar-refractivity contribution in [2.45, 2.75) is 6.42 Å². The van der Waals surface area contributed by atoms with Crippen LogP contribution in [0.2, 0.25) is 0 Å². The van der Waals surface area contributed by atoms with Gasteiger partial charge in [-0.3, -0.25) is 0 Å². The fourth-order valence-corrected chi connectivity index (χ4v) is 1.82. The number of anilines is 1. The Balaban J connectivity index is 2.91. The van der Waals surface area contributed by atoms with Crippen molar-refractivity contribution in [2.24, 2.45) is 0 Å². The van der Waals surface area contributed by atoms with Crippen LogP contribution in [0.15, 0.2) is 16.7 Å². The zero-order valence-electron chi connectivity index (χ0n) is 8.77. The third kappa shape index (κ3) is 2.97. The molecule has 0 amide bonds. The van der Waals surface area contributed by atoms with E-state index in [1.807, 2.05) is 11.9 Å². The van der Waals surface area contributed by atoms with E-state index in [2.05, 4.69) is 26.8 Å². The van der Waals surface area contributed by atoms with Gasteiger partial charge in [0.2, 0.25) is 0 Å². The molecule has 0 bridgehead atoms. The number of halogens is 1. The van der Waals surface area contributed by atoms with E-state index >= 15 is 0 Å². The highest BCUT2D eigenvalue weighted by molar-refractivity contribution is 9.10. The molecule has 0 radical (unpaired) electrons. The highest BCUT2D eigenvalue weighted by atomic mass is 79.9. The minimum Gasteiger partial charge on any atom is -0.478 e. The number of rotatable bonds is 4. The maximum absolute atomic E-state index is 10.7. The molecule has 4 nitrogen and oxygen atoms in total. The average molecular weight is 283 g/mol. The van der Waals surface area contributed by atoms with Gasteiger partial charge in [-0.25, -0.2) is 9.78 Å². The van der Waals surface area contributed by atoms with Crippen molar-refractivity contribution in [2.75, 3.05) is 18.5 Å². The van der Waals surface area contributed by atoms with Crippen LogP contribution in [0.4, 0.5) is 5.82 Å². The molecule has 1 rings (SSSR count). The van der Waals surface area contributed by atoms with Crippen LogP contribution in [0.3, 0.4) is 0 Å². The second-order valence-electron chi connectivity index (χ2n) is 3.21. The summed E-state index contributed by atoms with van der Waals surface area (Å²) in [7, 11) is 1.85. The van der Waals surface area contributed by atoms with E-state index in [4.69, 9.17) is 11.5 Å². The second kappa shape index (κ2) is 5.52. The molecular weight excluding hydrogens is 272 g/mol. The number of aromatic carboxylic acids is 1. The molecule has 0 fully saturated rings. The number of nitrogens with zero attached hydrogens (tertiary/aromatic N) is 2. The van der Waals surface area contributed by atoms with Gasteiger partial charge in [0, 0.05) is 26.2 Å². The van der Waals surface area contributed by atoms with Crippen molar-refractivity contribution in [1.29, 1.82) is 0 Å². The molecule has 1 aromatic rings. The lowest BCUT2D eigenvalue weighted by molar-refractivity contribution is 0.0696. The van der Waals surface area contributed by atoms with E-state index in [9.17, 15) is 4.79 Å². The van der Waals surface area contributed by atoms with Crippen LogP contribution in [-0.2, 0) is 0 Å². The van der Waals surface area contributed by atoms with Gasteiger partial charge in [-0.1, -0.05) is 0 Å². The van der Waals surface area contributed by atoms with Gasteiger partial charge < -0.3 is 10.0 Å². The minimum absolute atomic E-state index is 0.154. The van der Waals surface area contributed by atoms with Gasteiger partial charge in [0.05, 0.1) is 10.0 Å². The molecule has 1 heterocycles. The lowest BCUT2D eigenvalue weighted by Gasteiger charge is -2.18. The summed E-state index contributed by atoms with van der Waals surface area (Å²) in [6.07, 6.45) is 7.11. The fraction of sp³-hybridized carbons (Fsp3) is 0.273. The summed E-state index contributed by atoms with van der Waals surface area (Å²) >= 11 is 3.29. The summed E-state index contributed by atoms with van der Waals surface area (Å²) in [5.74, 6) is 2.22. The van der Waals surface area contributed by atoms with Crippen molar-refractivity contribution in [3.8, 4) is 12.3 Å². The van der Waals surface area contributed by atoms with Crippen LogP contribution < -0.4 is 4.90 Å². The fourth-order valence-electron chi connectivity index (χ4n) is 1.17. The van der Waals surface area contributed by atoms with Gasteiger partial charge in [-0.05, 0) is 22.0 Å². The van der Waals surface area contributed by atoms with Crippen molar-refractivity contribution in [3.63, 3.8) is 0 Å². The molecule has 16 heavy (non-hydrogen) atoms. The minimum atomic E-state index is -0.994. The zero-order chi connectivity index (χ0) is 12.1. The van der Waals surface area contributed by atoms with Gasteiger partial charge in [0.15, 0.2) is 0 Å². The molecule has 0 spiro atoms. The standard InChI is InChI=1S/C11H11BrN2O2/c1-3-4-5-14(2)10-9(12)6-8(7-13-10)11(15)16/h1,6-7H,4-5H2,2H3,(H,15,16). The van der Waals surface area contributed by atoms with Gasteiger partial charge >= 0.3 is 5.97 Å². The lowest BCUT2D eigenvalue weighted by Crippen LogP contribution is -2.20. The number of carbonyl (C=O) groups is 1. The van der Waals surface area contributed by atoms with E-state index in [1.54, 1.807) is 0 Å². The van der Waals surface area contributed by atoms with Crippen molar-refractivity contribution >= 4 is 27.7 Å². The normalized spacial score (nSPS) is 9.56. The van der Waals surface area contributed by atoms with Crippen LogP contribution in [0.5, 0.6) is 0 Å². The van der Waals surface area contributed by atoms with Gasteiger partial charge in [-0.2, -0.15) is 0 Å². The second-order valence-corrected chi connectivity index (χ2v) is 4.06. The van der Waals surface area contributed by atoms with Gasteiger partial charge in [0.25, 0.3) is 0 Å². The molecule has 0 aliphatic rings. The van der Waals surface area contributed by atoms with Crippen molar-refractivity contribution < 1.29 is 9.90 Å². The molecule has 0 atom stereocenters.